The molecule has 2 N–H and O–H groups in total. The number of hydrogen-bond acceptors (Lipinski definition) is 4. The van der Waals surface area contributed by atoms with Crippen LogP contribution in [-0.2, 0) is 10.7 Å². The van der Waals surface area contributed by atoms with Gasteiger partial charge in [-0.3, -0.25) is 4.89 Å². The summed E-state index contributed by atoms with van der Waals surface area (Å²) in [6.07, 6.45) is -2.73. The van der Waals surface area contributed by atoms with E-state index in [-0.39, 0.29) is 17.2 Å². The minimum Gasteiger partial charge on any atom is -0.508 e. The van der Waals surface area contributed by atoms with Gasteiger partial charge in [-0.2, -0.15) is 13.2 Å². The van der Waals surface area contributed by atoms with Gasteiger partial charge in [-0.25, -0.2) is 4.57 Å². The number of phosphoric ester groups is 1. The average molecular weight is 540 g/mol. The molecule has 0 heterocycles. The summed E-state index contributed by atoms with van der Waals surface area (Å²) in [5.41, 5.74) is 3.52. The van der Waals surface area contributed by atoms with Crippen LogP contribution in [0.2, 0.25) is 0 Å². The summed E-state index contributed by atoms with van der Waals surface area (Å²) >= 11 is 0. The normalized spacial score (nSPS) is 13.6. The van der Waals surface area contributed by atoms with E-state index in [0.29, 0.717) is 22.3 Å². The highest BCUT2D eigenvalue weighted by atomic mass is 31.2. The van der Waals surface area contributed by atoms with Gasteiger partial charge in [0, 0.05) is 0 Å². The maximum Gasteiger partial charge on any atom is 0.584 e. The maximum absolute atomic E-state index is 13.0. The molecule has 0 radical (unpaired) electrons. The molecule has 4 aromatic carbocycles. The van der Waals surface area contributed by atoms with Gasteiger partial charge in [-0.1, -0.05) is 42.5 Å². The molecule has 0 aliphatic carbocycles. The van der Waals surface area contributed by atoms with Gasteiger partial charge in [-0.15, -0.1) is 0 Å². The fourth-order valence-corrected chi connectivity index (χ4v) is 4.67. The first-order chi connectivity index (χ1) is 17.9. The number of halogens is 3. The van der Waals surface area contributed by atoms with Gasteiger partial charge < -0.3 is 14.2 Å². The molecule has 0 saturated heterocycles. The number of aryl methyl sites for hydroxylation is 2. The Kier molecular flexibility index (Phi) is 7.67. The predicted octanol–water partition coefficient (Wildman–Crippen LogP) is 8.17. The molecule has 0 aromatic heterocycles. The van der Waals surface area contributed by atoms with Crippen LogP contribution in [0.1, 0.15) is 33.4 Å². The lowest BCUT2D eigenvalue weighted by Crippen LogP contribution is -2.04. The Hall–Kier alpha value is -4.00. The molecular formula is C29H24F3O5P. The van der Waals surface area contributed by atoms with Crippen LogP contribution in [0.3, 0.4) is 0 Å². The second kappa shape index (κ2) is 10.8. The van der Waals surface area contributed by atoms with E-state index >= 15 is 0 Å². The Labute approximate surface area is 218 Å². The second-order valence-electron chi connectivity index (χ2n) is 8.72. The number of rotatable bonds is 7. The third-order valence-electron chi connectivity index (χ3n) is 5.53. The fraction of sp³-hybridized carbons (Fsp3) is 0.103. The van der Waals surface area contributed by atoms with Crippen molar-refractivity contribution in [2.75, 3.05) is 0 Å². The van der Waals surface area contributed by atoms with Gasteiger partial charge in [0.05, 0.1) is 5.56 Å². The van der Waals surface area contributed by atoms with Crippen molar-refractivity contribution >= 4 is 19.5 Å². The van der Waals surface area contributed by atoms with Gasteiger partial charge in [-0.05, 0) is 102 Å². The quantitative estimate of drug-likeness (QED) is 0.183. The summed E-state index contributed by atoms with van der Waals surface area (Å²) in [4.78, 5) is 10.3. The molecule has 38 heavy (non-hydrogen) atoms. The number of hydrogen-bond donors (Lipinski definition) is 2. The molecule has 0 spiro atoms. The van der Waals surface area contributed by atoms with Crippen molar-refractivity contribution in [2.45, 2.75) is 20.0 Å². The summed E-state index contributed by atoms with van der Waals surface area (Å²) in [6.45, 7) is 3.68. The summed E-state index contributed by atoms with van der Waals surface area (Å²) in [7, 11) is -4.49. The van der Waals surface area contributed by atoms with E-state index in [1.54, 1.807) is 42.5 Å². The zero-order valence-electron chi connectivity index (χ0n) is 20.4. The molecule has 0 aliphatic rings. The van der Waals surface area contributed by atoms with Crippen molar-refractivity contribution in [3.8, 4) is 17.2 Å². The van der Waals surface area contributed by atoms with E-state index in [1.165, 1.54) is 36.4 Å². The molecule has 0 amide bonds. The Bertz CT molecular complexity index is 1470. The molecule has 0 aliphatic heterocycles. The van der Waals surface area contributed by atoms with E-state index < -0.39 is 19.6 Å². The molecule has 1 unspecified atom stereocenters. The standard InChI is InChI=1S/C29H24F3O5P/c1-19-15-20(2)17-27(16-19)37-38(34,35)36-26-13-7-23(8-14-26)28(22-5-11-25(33)12-6-22)18-21-3-9-24(10-4-21)29(30,31)32/h3-18,33H,1-2H3,(H,34,35). The van der Waals surface area contributed by atoms with Crippen molar-refractivity contribution < 1.29 is 36.8 Å². The van der Waals surface area contributed by atoms with Crippen LogP contribution in [0, 0.1) is 13.8 Å². The van der Waals surface area contributed by atoms with Gasteiger partial charge in [0.2, 0.25) is 0 Å². The van der Waals surface area contributed by atoms with E-state index in [4.69, 9.17) is 9.05 Å². The molecule has 1 atom stereocenters. The van der Waals surface area contributed by atoms with Crippen LogP contribution in [0.15, 0.2) is 91.0 Å². The topological polar surface area (TPSA) is 76.0 Å². The first-order valence-corrected chi connectivity index (χ1v) is 13.0. The number of phosphoric acid groups is 1. The lowest BCUT2D eigenvalue weighted by atomic mass is 9.95. The minimum absolute atomic E-state index is 0.0638. The maximum atomic E-state index is 13.0. The lowest BCUT2D eigenvalue weighted by Gasteiger charge is -2.15. The summed E-state index contributed by atoms with van der Waals surface area (Å²) < 4.78 is 61.9. The van der Waals surface area contributed by atoms with E-state index in [1.807, 2.05) is 19.9 Å². The Morgan fingerprint density at radius 2 is 1.26 bits per heavy atom. The molecular weight excluding hydrogens is 516 g/mol. The number of aromatic hydroxyl groups is 1. The van der Waals surface area contributed by atoms with Gasteiger partial charge in [0.25, 0.3) is 0 Å². The molecule has 4 rings (SSSR count). The van der Waals surface area contributed by atoms with Gasteiger partial charge in [0.15, 0.2) is 0 Å². The highest BCUT2D eigenvalue weighted by molar-refractivity contribution is 7.48. The van der Waals surface area contributed by atoms with Crippen molar-refractivity contribution in [3.05, 3.63) is 124 Å². The molecule has 0 fully saturated rings. The third kappa shape index (κ3) is 7.06. The minimum atomic E-state index is -4.49. The second-order valence-corrected chi connectivity index (χ2v) is 10.0. The lowest BCUT2D eigenvalue weighted by molar-refractivity contribution is -0.137. The van der Waals surface area contributed by atoms with E-state index in [0.717, 1.165) is 23.3 Å². The van der Waals surface area contributed by atoms with Crippen LogP contribution in [0.4, 0.5) is 13.2 Å². The smallest absolute Gasteiger partial charge is 0.508 e. The molecule has 0 saturated carbocycles. The summed E-state index contributed by atoms with van der Waals surface area (Å²) in [6, 6.07) is 22.5. The fourth-order valence-electron chi connectivity index (χ4n) is 3.88. The first kappa shape index (κ1) is 27.0. The van der Waals surface area contributed by atoms with Crippen molar-refractivity contribution in [1.29, 1.82) is 0 Å². The highest BCUT2D eigenvalue weighted by Gasteiger charge is 2.30. The Balaban J connectivity index is 1.61. The number of phenols is 1. The summed E-state index contributed by atoms with van der Waals surface area (Å²) in [5.74, 6) is 0.358. The first-order valence-electron chi connectivity index (χ1n) is 11.5. The van der Waals surface area contributed by atoms with E-state index in [9.17, 15) is 27.7 Å². The zero-order chi connectivity index (χ0) is 27.5. The average Bonchev–Trinajstić information content (AvgIpc) is 2.82. The molecule has 9 heteroatoms. The van der Waals surface area contributed by atoms with Crippen LogP contribution < -0.4 is 9.05 Å². The van der Waals surface area contributed by atoms with Crippen molar-refractivity contribution in [3.63, 3.8) is 0 Å². The third-order valence-corrected chi connectivity index (χ3v) is 6.41. The SMILES string of the molecule is Cc1cc(C)cc(OP(=O)(O)Oc2ccc(C(=Cc3ccc(C(F)(F)F)cc3)c3ccc(O)cc3)cc2)c1. The van der Waals surface area contributed by atoms with Crippen LogP contribution in [0.5, 0.6) is 17.2 Å². The molecule has 5 nitrogen and oxygen atoms in total. The van der Waals surface area contributed by atoms with Gasteiger partial charge in [0.1, 0.15) is 17.2 Å². The Morgan fingerprint density at radius 1 is 0.763 bits per heavy atom. The summed E-state index contributed by atoms with van der Waals surface area (Å²) in [5, 5.41) is 9.68. The number of benzene rings is 4. The van der Waals surface area contributed by atoms with Crippen molar-refractivity contribution in [2.24, 2.45) is 0 Å². The molecule has 4 aromatic rings. The highest BCUT2D eigenvalue weighted by Crippen LogP contribution is 2.45. The van der Waals surface area contributed by atoms with Crippen LogP contribution in [-0.4, -0.2) is 10.00 Å². The molecule has 196 valence electrons. The predicted molar refractivity (Wildman–Crippen MR) is 140 cm³/mol. The van der Waals surface area contributed by atoms with Crippen molar-refractivity contribution in [1.82, 2.24) is 0 Å². The van der Waals surface area contributed by atoms with Crippen LogP contribution >= 0.6 is 7.82 Å². The van der Waals surface area contributed by atoms with E-state index in [2.05, 4.69) is 0 Å². The zero-order valence-corrected chi connectivity index (χ0v) is 21.3. The number of phenolic OH excluding ortho intramolecular Hbond substituents is 1. The largest absolute Gasteiger partial charge is 0.584 e. The van der Waals surface area contributed by atoms with Gasteiger partial charge >= 0.3 is 14.0 Å². The number of alkyl halides is 3. The Morgan fingerprint density at radius 3 is 1.79 bits per heavy atom. The molecule has 0 bridgehead atoms. The van der Waals surface area contributed by atoms with Crippen LogP contribution in [0.25, 0.3) is 11.6 Å². The monoisotopic (exact) mass is 540 g/mol.